The first-order valence-electron chi connectivity index (χ1n) is 10.3. The molecule has 0 aliphatic heterocycles. The first-order valence-corrected chi connectivity index (χ1v) is 13.0. The van der Waals surface area contributed by atoms with E-state index in [2.05, 4.69) is 33.2 Å². The predicted molar refractivity (Wildman–Crippen MR) is 131 cm³/mol. The SMILES string of the molecule is CCCS(=O)(=O)Nc1cccc(NC(=O)CSc2nccn2-c2cc(C)cc(C)c2)c1C. The topological polar surface area (TPSA) is 93.1 Å². The second kappa shape index (κ2) is 10.2. The van der Waals surface area contributed by atoms with E-state index in [0.717, 1.165) is 22.0 Å². The Morgan fingerprint density at radius 1 is 1.09 bits per heavy atom. The standard InChI is InChI=1S/C23H28N4O3S2/c1-5-11-32(29,30)26-21-8-6-7-20(18(21)4)25-22(28)15-31-23-24-9-10-27(23)19-13-16(2)12-17(3)14-19/h6-10,12-14,26H,5,11,15H2,1-4H3,(H,25,28). The van der Waals surface area contributed by atoms with E-state index in [1.54, 1.807) is 31.3 Å². The summed E-state index contributed by atoms with van der Waals surface area (Å²) in [6, 6.07) is 11.4. The van der Waals surface area contributed by atoms with E-state index in [1.807, 2.05) is 31.5 Å². The van der Waals surface area contributed by atoms with Crippen molar-refractivity contribution in [1.82, 2.24) is 9.55 Å². The lowest BCUT2D eigenvalue weighted by Gasteiger charge is -2.14. The molecule has 0 aliphatic rings. The van der Waals surface area contributed by atoms with E-state index in [9.17, 15) is 13.2 Å². The number of aromatic nitrogens is 2. The average Bonchev–Trinajstić information content (AvgIpc) is 3.17. The number of imidazole rings is 1. The van der Waals surface area contributed by atoms with Gasteiger partial charge in [-0.1, -0.05) is 30.8 Å². The van der Waals surface area contributed by atoms with Crippen molar-refractivity contribution >= 4 is 39.1 Å². The van der Waals surface area contributed by atoms with Gasteiger partial charge in [0.1, 0.15) is 0 Å². The number of hydrogen-bond acceptors (Lipinski definition) is 5. The van der Waals surface area contributed by atoms with Crippen LogP contribution in [0.3, 0.4) is 0 Å². The fraction of sp³-hybridized carbons (Fsp3) is 0.304. The van der Waals surface area contributed by atoms with Crippen molar-refractivity contribution in [2.45, 2.75) is 39.3 Å². The molecule has 1 aromatic heterocycles. The highest BCUT2D eigenvalue weighted by atomic mass is 32.2. The van der Waals surface area contributed by atoms with Crippen LogP contribution in [0.1, 0.15) is 30.0 Å². The molecule has 1 amide bonds. The molecule has 0 radical (unpaired) electrons. The molecule has 0 atom stereocenters. The van der Waals surface area contributed by atoms with Crippen LogP contribution < -0.4 is 10.0 Å². The molecule has 1 heterocycles. The fourth-order valence-corrected chi connectivity index (χ4v) is 5.34. The van der Waals surface area contributed by atoms with Gasteiger partial charge in [0.05, 0.1) is 17.2 Å². The molecule has 2 N–H and O–H groups in total. The lowest BCUT2D eigenvalue weighted by molar-refractivity contribution is -0.113. The zero-order chi connectivity index (χ0) is 23.3. The maximum absolute atomic E-state index is 12.6. The number of aryl methyl sites for hydroxylation is 2. The molecule has 0 aliphatic carbocycles. The molecule has 0 saturated heterocycles. The van der Waals surface area contributed by atoms with E-state index in [0.29, 0.717) is 23.4 Å². The maximum atomic E-state index is 12.6. The van der Waals surface area contributed by atoms with Crippen molar-refractivity contribution < 1.29 is 13.2 Å². The lowest BCUT2D eigenvalue weighted by atomic mass is 10.1. The van der Waals surface area contributed by atoms with Crippen LogP contribution >= 0.6 is 11.8 Å². The van der Waals surface area contributed by atoms with Crippen LogP contribution in [-0.4, -0.2) is 35.4 Å². The van der Waals surface area contributed by atoms with Crippen molar-refractivity contribution in [2.24, 2.45) is 0 Å². The van der Waals surface area contributed by atoms with Crippen LogP contribution in [0.25, 0.3) is 5.69 Å². The van der Waals surface area contributed by atoms with E-state index in [-0.39, 0.29) is 17.4 Å². The highest BCUT2D eigenvalue weighted by molar-refractivity contribution is 7.99. The summed E-state index contributed by atoms with van der Waals surface area (Å²) in [5, 5.41) is 3.60. The van der Waals surface area contributed by atoms with Gasteiger partial charge in [-0.3, -0.25) is 14.1 Å². The van der Waals surface area contributed by atoms with Gasteiger partial charge in [0, 0.05) is 23.8 Å². The molecule has 170 valence electrons. The third kappa shape index (κ3) is 6.14. The first kappa shape index (κ1) is 23.9. The molecule has 3 aromatic rings. The van der Waals surface area contributed by atoms with Crippen molar-refractivity contribution in [1.29, 1.82) is 0 Å². The van der Waals surface area contributed by atoms with Gasteiger partial charge in [0.25, 0.3) is 0 Å². The number of benzene rings is 2. The summed E-state index contributed by atoms with van der Waals surface area (Å²) in [6.07, 6.45) is 4.12. The lowest BCUT2D eigenvalue weighted by Crippen LogP contribution is -2.18. The summed E-state index contributed by atoms with van der Waals surface area (Å²) in [7, 11) is -3.41. The number of carbonyl (C=O) groups excluding carboxylic acids is 1. The van der Waals surface area contributed by atoms with Crippen LogP contribution in [-0.2, 0) is 14.8 Å². The van der Waals surface area contributed by atoms with Crippen LogP contribution in [0.2, 0.25) is 0 Å². The number of nitrogens with one attached hydrogen (secondary N) is 2. The molecule has 0 saturated carbocycles. The van der Waals surface area contributed by atoms with Gasteiger partial charge in [0.2, 0.25) is 15.9 Å². The van der Waals surface area contributed by atoms with Crippen LogP contribution in [0.5, 0.6) is 0 Å². The van der Waals surface area contributed by atoms with E-state index in [4.69, 9.17) is 0 Å². The Morgan fingerprint density at radius 2 is 1.78 bits per heavy atom. The minimum atomic E-state index is -3.41. The number of anilines is 2. The smallest absolute Gasteiger partial charge is 0.234 e. The quantitative estimate of drug-likeness (QED) is 0.441. The van der Waals surface area contributed by atoms with Crippen LogP contribution in [0.15, 0.2) is 53.9 Å². The van der Waals surface area contributed by atoms with Crippen molar-refractivity contribution in [3.63, 3.8) is 0 Å². The Balaban J connectivity index is 1.68. The number of thioether (sulfide) groups is 1. The van der Waals surface area contributed by atoms with Gasteiger partial charge in [-0.2, -0.15) is 0 Å². The molecular formula is C23H28N4O3S2. The predicted octanol–water partition coefficient (Wildman–Crippen LogP) is 4.68. The number of carbonyl (C=O) groups is 1. The summed E-state index contributed by atoms with van der Waals surface area (Å²) in [5.41, 5.74) is 5.03. The van der Waals surface area contributed by atoms with Crippen molar-refractivity contribution in [2.75, 3.05) is 21.5 Å². The van der Waals surface area contributed by atoms with Gasteiger partial charge in [-0.15, -0.1) is 0 Å². The van der Waals surface area contributed by atoms with Gasteiger partial charge in [-0.25, -0.2) is 13.4 Å². The molecule has 3 rings (SSSR count). The average molecular weight is 473 g/mol. The fourth-order valence-electron chi connectivity index (χ4n) is 3.37. The Morgan fingerprint density at radius 3 is 2.47 bits per heavy atom. The third-order valence-electron chi connectivity index (χ3n) is 4.77. The van der Waals surface area contributed by atoms with Gasteiger partial charge >= 0.3 is 0 Å². The highest BCUT2D eigenvalue weighted by Crippen LogP contribution is 2.26. The van der Waals surface area contributed by atoms with Crippen LogP contribution in [0.4, 0.5) is 11.4 Å². The molecule has 9 heteroatoms. The summed E-state index contributed by atoms with van der Waals surface area (Å²) in [5.74, 6) is 0.0291. The molecule has 0 fully saturated rings. The molecule has 32 heavy (non-hydrogen) atoms. The zero-order valence-corrected chi connectivity index (χ0v) is 20.3. The van der Waals surface area contributed by atoms with Gasteiger partial charge in [0.15, 0.2) is 5.16 Å². The number of nitrogens with zero attached hydrogens (tertiary/aromatic N) is 2. The number of sulfonamides is 1. The monoisotopic (exact) mass is 472 g/mol. The second-order valence-electron chi connectivity index (χ2n) is 7.66. The molecule has 0 spiro atoms. The van der Waals surface area contributed by atoms with E-state index < -0.39 is 10.0 Å². The summed E-state index contributed by atoms with van der Waals surface area (Å²) >= 11 is 1.34. The van der Waals surface area contributed by atoms with Gasteiger partial charge in [-0.05, 0) is 68.1 Å². The number of rotatable bonds is 9. The van der Waals surface area contributed by atoms with E-state index >= 15 is 0 Å². The maximum Gasteiger partial charge on any atom is 0.234 e. The minimum absolute atomic E-state index is 0.0484. The molecular weight excluding hydrogens is 444 g/mol. The van der Waals surface area contributed by atoms with Crippen molar-refractivity contribution in [3.05, 3.63) is 65.5 Å². The normalized spacial score (nSPS) is 11.4. The number of hydrogen-bond donors (Lipinski definition) is 2. The van der Waals surface area contributed by atoms with Gasteiger partial charge < -0.3 is 5.32 Å². The summed E-state index contributed by atoms with van der Waals surface area (Å²) < 4.78 is 28.8. The highest BCUT2D eigenvalue weighted by Gasteiger charge is 2.14. The molecule has 2 aromatic carbocycles. The second-order valence-corrected chi connectivity index (χ2v) is 10.4. The minimum Gasteiger partial charge on any atom is -0.325 e. The summed E-state index contributed by atoms with van der Waals surface area (Å²) in [6.45, 7) is 7.68. The largest absolute Gasteiger partial charge is 0.325 e. The van der Waals surface area contributed by atoms with Crippen LogP contribution in [0, 0.1) is 20.8 Å². The summed E-state index contributed by atoms with van der Waals surface area (Å²) in [4.78, 5) is 17.0. The zero-order valence-electron chi connectivity index (χ0n) is 18.7. The first-order chi connectivity index (χ1) is 15.2. The Hall–Kier alpha value is -2.78. The molecule has 7 nitrogen and oxygen atoms in total. The molecule has 0 bridgehead atoms. The third-order valence-corrected chi connectivity index (χ3v) is 7.21. The Kier molecular flexibility index (Phi) is 7.63. The number of amides is 1. The Labute approximate surface area is 193 Å². The molecule has 0 unspecified atom stereocenters. The van der Waals surface area contributed by atoms with E-state index in [1.165, 1.54) is 11.8 Å². The Bertz CT molecular complexity index is 1200. The van der Waals surface area contributed by atoms with Crippen molar-refractivity contribution in [3.8, 4) is 5.69 Å².